The second-order valence-corrected chi connectivity index (χ2v) is 5.02. The van der Waals surface area contributed by atoms with Crippen LogP contribution in [0.25, 0.3) is 0 Å². The lowest BCUT2D eigenvalue weighted by atomic mass is 10.1. The van der Waals surface area contributed by atoms with Crippen LogP contribution in [0.5, 0.6) is 0 Å². The molecule has 2 N–H and O–H groups in total. The van der Waals surface area contributed by atoms with E-state index in [-0.39, 0.29) is 5.56 Å². The Balaban J connectivity index is 2.84. The van der Waals surface area contributed by atoms with Crippen molar-refractivity contribution in [2.45, 2.75) is 32.4 Å². The Hall–Kier alpha value is -1.69. The predicted molar refractivity (Wildman–Crippen MR) is 65.6 cm³/mol. The monoisotopic (exact) mass is 273 g/mol. The summed E-state index contributed by atoms with van der Waals surface area (Å²) in [6.45, 7) is 4.44. The van der Waals surface area contributed by atoms with Crippen LogP contribution in [-0.2, 0) is 4.74 Å². The van der Waals surface area contributed by atoms with E-state index in [2.05, 4.69) is 5.32 Å². The van der Waals surface area contributed by atoms with Gasteiger partial charge in [-0.1, -0.05) is 12.1 Å². The van der Waals surface area contributed by atoms with Gasteiger partial charge < -0.3 is 15.2 Å². The first-order chi connectivity index (χ1) is 8.74. The molecule has 0 saturated carbocycles. The van der Waals surface area contributed by atoms with Gasteiger partial charge >= 0.3 is 6.09 Å². The third-order valence-electron chi connectivity index (χ3n) is 2.23. The zero-order valence-corrected chi connectivity index (χ0v) is 11.0. The summed E-state index contributed by atoms with van der Waals surface area (Å²) in [6.07, 6.45) is -0.810. The van der Waals surface area contributed by atoms with Gasteiger partial charge in [0.25, 0.3) is 0 Å². The van der Waals surface area contributed by atoms with E-state index in [0.29, 0.717) is 0 Å². The maximum Gasteiger partial charge on any atom is 0.408 e. The average Bonchev–Trinajstić information content (AvgIpc) is 2.27. The Kier molecular flexibility index (Phi) is 4.83. The van der Waals surface area contributed by atoms with Crippen molar-refractivity contribution in [2.24, 2.45) is 0 Å². The van der Waals surface area contributed by atoms with Crippen LogP contribution in [0.4, 0.5) is 13.6 Å². The number of alkyl carbamates (subject to hydrolysis) is 1. The molecule has 0 aliphatic rings. The van der Waals surface area contributed by atoms with Crippen LogP contribution in [0.3, 0.4) is 0 Å². The smallest absolute Gasteiger partial charge is 0.408 e. The van der Waals surface area contributed by atoms with E-state index in [1.165, 1.54) is 12.1 Å². The summed E-state index contributed by atoms with van der Waals surface area (Å²) in [6, 6.07) is 2.48. The molecule has 1 aromatic rings. The first-order valence-electron chi connectivity index (χ1n) is 5.79. The van der Waals surface area contributed by atoms with Crippen LogP contribution in [0.1, 0.15) is 32.4 Å². The zero-order valence-electron chi connectivity index (χ0n) is 11.0. The minimum atomic E-state index is -1.10. The number of amides is 1. The maximum atomic E-state index is 13.5. The molecule has 0 aromatic heterocycles. The van der Waals surface area contributed by atoms with E-state index in [9.17, 15) is 18.7 Å². The van der Waals surface area contributed by atoms with Gasteiger partial charge in [-0.3, -0.25) is 0 Å². The molecule has 0 spiro atoms. The molecule has 1 aromatic carbocycles. The second-order valence-electron chi connectivity index (χ2n) is 5.02. The predicted octanol–water partition coefficient (Wildman–Crippen LogP) is 2.52. The Morgan fingerprint density at radius 2 is 2.05 bits per heavy atom. The minimum absolute atomic E-state index is 0.131. The lowest BCUT2D eigenvalue weighted by molar-refractivity contribution is 0.0480. The number of carbonyl (C=O) groups is 1. The Bertz CT molecular complexity index is 458. The zero-order chi connectivity index (χ0) is 14.6. The fourth-order valence-corrected chi connectivity index (χ4v) is 1.46. The second kappa shape index (κ2) is 5.97. The van der Waals surface area contributed by atoms with Gasteiger partial charge in [-0.15, -0.1) is 0 Å². The van der Waals surface area contributed by atoms with Crippen molar-refractivity contribution in [1.82, 2.24) is 5.32 Å². The van der Waals surface area contributed by atoms with Crippen LogP contribution in [0.2, 0.25) is 0 Å². The largest absolute Gasteiger partial charge is 0.444 e. The summed E-state index contributed by atoms with van der Waals surface area (Å²) in [5.41, 5.74) is -0.849. The molecular formula is C13H17F2NO3. The normalized spacial score (nSPS) is 12.9. The molecule has 0 aliphatic carbocycles. The highest BCUT2D eigenvalue weighted by molar-refractivity contribution is 5.68. The minimum Gasteiger partial charge on any atom is -0.444 e. The molecule has 1 amide bonds. The van der Waals surface area contributed by atoms with Crippen molar-refractivity contribution in [3.8, 4) is 0 Å². The number of ether oxygens (including phenoxy) is 1. The average molecular weight is 273 g/mol. The molecule has 0 radical (unpaired) electrons. The van der Waals surface area contributed by atoms with Crippen LogP contribution >= 0.6 is 0 Å². The molecule has 0 fully saturated rings. The Morgan fingerprint density at radius 3 is 2.58 bits per heavy atom. The number of carbonyl (C=O) groups excluding carboxylic acids is 1. The molecule has 19 heavy (non-hydrogen) atoms. The van der Waals surface area contributed by atoms with E-state index in [1.54, 1.807) is 20.8 Å². The number of hydrogen-bond acceptors (Lipinski definition) is 3. The molecule has 1 unspecified atom stereocenters. The van der Waals surface area contributed by atoms with Crippen molar-refractivity contribution in [2.75, 3.05) is 6.61 Å². The van der Waals surface area contributed by atoms with Crippen molar-refractivity contribution in [1.29, 1.82) is 0 Å². The van der Waals surface area contributed by atoms with Gasteiger partial charge in [0.15, 0.2) is 11.6 Å². The SMILES string of the molecule is CC(C)(C)OC(=O)NC(CO)c1cccc(F)c1F. The quantitative estimate of drug-likeness (QED) is 0.889. The molecule has 106 valence electrons. The molecule has 1 rings (SSSR count). The number of aliphatic hydroxyl groups is 1. The Morgan fingerprint density at radius 1 is 1.42 bits per heavy atom. The third-order valence-corrected chi connectivity index (χ3v) is 2.23. The van der Waals surface area contributed by atoms with E-state index in [1.807, 2.05) is 0 Å². The van der Waals surface area contributed by atoms with Gasteiger partial charge in [-0.05, 0) is 26.8 Å². The van der Waals surface area contributed by atoms with Gasteiger partial charge in [-0.25, -0.2) is 13.6 Å². The highest BCUT2D eigenvalue weighted by Gasteiger charge is 2.23. The first-order valence-corrected chi connectivity index (χ1v) is 5.79. The number of aliphatic hydroxyl groups excluding tert-OH is 1. The van der Waals surface area contributed by atoms with Crippen molar-refractivity contribution in [3.63, 3.8) is 0 Å². The van der Waals surface area contributed by atoms with Crippen LogP contribution in [-0.4, -0.2) is 23.4 Å². The van der Waals surface area contributed by atoms with Gasteiger partial charge in [0, 0.05) is 5.56 Å². The lowest BCUT2D eigenvalue weighted by Crippen LogP contribution is -2.36. The Labute approximate surface area is 110 Å². The van der Waals surface area contributed by atoms with E-state index in [0.717, 1.165) is 6.07 Å². The number of halogens is 2. The number of benzene rings is 1. The fraction of sp³-hybridized carbons (Fsp3) is 0.462. The van der Waals surface area contributed by atoms with Gasteiger partial charge in [0.2, 0.25) is 0 Å². The standard InChI is InChI=1S/C13H17F2NO3/c1-13(2,3)19-12(18)16-10(7-17)8-5-4-6-9(14)11(8)15/h4-6,10,17H,7H2,1-3H3,(H,16,18). The number of nitrogens with one attached hydrogen (secondary N) is 1. The molecule has 0 bridgehead atoms. The molecule has 0 aliphatic heterocycles. The lowest BCUT2D eigenvalue weighted by Gasteiger charge is -2.23. The van der Waals surface area contributed by atoms with Crippen LogP contribution in [0, 0.1) is 11.6 Å². The van der Waals surface area contributed by atoms with E-state index < -0.39 is 36.0 Å². The molecule has 1 atom stereocenters. The summed E-state index contributed by atoms with van der Waals surface area (Å²) in [7, 11) is 0. The summed E-state index contributed by atoms with van der Waals surface area (Å²) >= 11 is 0. The molecule has 0 saturated heterocycles. The summed E-state index contributed by atoms with van der Waals surface area (Å²) in [4.78, 5) is 11.5. The highest BCUT2D eigenvalue weighted by atomic mass is 19.2. The van der Waals surface area contributed by atoms with Crippen molar-refractivity contribution < 1.29 is 23.4 Å². The fourth-order valence-electron chi connectivity index (χ4n) is 1.46. The molecule has 0 heterocycles. The van der Waals surface area contributed by atoms with Crippen LogP contribution in [0.15, 0.2) is 18.2 Å². The van der Waals surface area contributed by atoms with E-state index in [4.69, 9.17) is 4.74 Å². The first kappa shape index (κ1) is 15.4. The van der Waals surface area contributed by atoms with E-state index >= 15 is 0 Å². The summed E-state index contributed by atoms with van der Waals surface area (Å²) in [5.74, 6) is -2.14. The van der Waals surface area contributed by atoms with Crippen LogP contribution < -0.4 is 5.32 Å². The summed E-state index contributed by atoms with van der Waals surface area (Å²) < 4.78 is 31.6. The van der Waals surface area contributed by atoms with Gasteiger partial charge in [0.05, 0.1) is 12.6 Å². The van der Waals surface area contributed by atoms with Gasteiger partial charge in [-0.2, -0.15) is 0 Å². The maximum absolute atomic E-state index is 13.5. The highest BCUT2D eigenvalue weighted by Crippen LogP contribution is 2.19. The number of rotatable bonds is 3. The number of hydrogen-bond donors (Lipinski definition) is 2. The van der Waals surface area contributed by atoms with Crippen molar-refractivity contribution >= 4 is 6.09 Å². The van der Waals surface area contributed by atoms with Gasteiger partial charge in [0.1, 0.15) is 5.60 Å². The third kappa shape index (κ3) is 4.48. The molecule has 4 nitrogen and oxygen atoms in total. The van der Waals surface area contributed by atoms with Crippen molar-refractivity contribution in [3.05, 3.63) is 35.4 Å². The summed E-state index contributed by atoms with van der Waals surface area (Å²) in [5, 5.41) is 11.5. The topological polar surface area (TPSA) is 58.6 Å². The molecule has 6 heteroatoms. The molecular weight excluding hydrogens is 256 g/mol.